The van der Waals surface area contributed by atoms with E-state index in [0.29, 0.717) is 35.7 Å². The standard InChI is InChI=1S/C23H31N3O4.ClH/c1-17(2)25-12-10-18(11-13-25)15-24-21(27)16-26(22-5-4-14-30-22)23(28)19-6-8-20(29-3)9-7-19;/h4-9,14,17-18H,10-13,15-16H2,1-3H3,(H,24,27);1H. The largest absolute Gasteiger partial charge is 0.497 e. The molecule has 0 radical (unpaired) electrons. The number of halogens is 1. The van der Waals surface area contributed by atoms with Gasteiger partial charge in [-0.25, -0.2) is 0 Å². The molecule has 1 saturated heterocycles. The van der Waals surface area contributed by atoms with Gasteiger partial charge in [0.1, 0.15) is 12.3 Å². The molecule has 1 aliphatic heterocycles. The number of methoxy groups -OCH3 is 1. The van der Waals surface area contributed by atoms with Crippen molar-refractivity contribution in [1.29, 1.82) is 0 Å². The lowest BCUT2D eigenvalue weighted by atomic mass is 9.96. The highest BCUT2D eigenvalue weighted by Gasteiger charge is 2.25. The zero-order valence-corrected chi connectivity index (χ0v) is 19.2. The Labute approximate surface area is 190 Å². The minimum absolute atomic E-state index is 0. The molecule has 1 aliphatic rings. The van der Waals surface area contributed by atoms with E-state index in [1.165, 1.54) is 11.2 Å². The van der Waals surface area contributed by atoms with Crippen molar-refractivity contribution in [2.24, 2.45) is 5.92 Å². The van der Waals surface area contributed by atoms with Crippen LogP contribution in [0.15, 0.2) is 47.1 Å². The lowest BCUT2D eigenvalue weighted by molar-refractivity contribution is -0.120. The molecule has 2 amide bonds. The van der Waals surface area contributed by atoms with Gasteiger partial charge >= 0.3 is 0 Å². The van der Waals surface area contributed by atoms with Gasteiger partial charge in [-0.15, -0.1) is 12.4 Å². The van der Waals surface area contributed by atoms with Crippen LogP contribution in [0.1, 0.15) is 37.0 Å². The van der Waals surface area contributed by atoms with Crippen LogP contribution >= 0.6 is 12.4 Å². The van der Waals surface area contributed by atoms with E-state index < -0.39 is 0 Å². The summed E-state index contributed by atoms with van der Waals surface area (Å²) in [6.45, 7) is 7.09. The summed E-state index contributed by atoms with van der Waals surface area (Å²) < 4.78 is 10.6. The number of amides is 2. The average Bonchev–Trinajstić information content (AvgIpc) is 3.30. The molecule has 0 unspecified atom stereocenters. The van der Waals surface area contributed by atoms with E-state index in [0.717, 1.165) is 25.9 Å². The number of nitrogens with zero attached hydrogens (tertiary/aromatic N) is 2. The number of anilines is 1. The molecule has 31 heavy (non-hydrogen) atoms. The van der Waals surface area contributed by atoms with Crippen molar-refractivity contribution in [2.45, 2.75) is 32.7 Å². The van der Waals surface area contributed by atoms with Crippen LogP contribution in [0, 0.1) is 5.92 Å². The second-order valence-electron chi connectivity index (χ2n) is 7.95. The molecule has 1 aromatic carbocycles. The molecule has 1 N–H and O–H groups in total. The summed E-state index contributed by atoms with van der Waals surface area (Å²) in [5.41, 5.74) is 0.459. The quantitative estimate of drug-likeness (QED) is 0.666. The third-order valence-corrected chi connectivity index (χ3v) is 5.62. The van der Waals surface area contributed by atoms with E-state index in [4.69, 9.17) is 9.15 Å². The smallest absolute Gasteiger partial charge is 0.261 e. The number of piperidine rings is 1. The zero-order valence-electron chi connectivity index (χ0n) is 18.4. The first-order chi connectivity index (χ1) is 14.5. The number of hydrogen-bond donors (Lipinski definition) is 1. The number of carbonyl (C=O) groups excluding carboxylic acids is 2. The minimum Gasteiger partial charge on any atom is -0.497 e. The van der Waals surface area contributed by atoms with Crippen LogP contribution in [0.25, 0.3) is 0 Å². The molecule has 0 aliphatic carbocycles. The third kappa shape index (κ3) is 6.74. The Balaban J connectivity index is 0.00000341. The lowest BCUT2D eigenvalue weighted by Crippen LogP contribution is -2.44. The Hall–Kier alpha value is -2.51. The first-order valence-electron chi connectivity index (χ1n) is 10.5. The monoisotopic (exact) mass is 449 g/mol. The predicted molar refractivity (Wildman–Crippen MR) is 123 cm³/mol. The third-order valence-electron chi connectivity index (χ3n) is 5.62. The highest BCUT2D eigenvalue weighted by Crippen LogP contribution is 2.20. The molecule has 0 atom stereocenters. The topological polar surface area (TPSA) is 75.0 Å². The number of hydrogen-bond acceptors (Lipinski definition) is 5. The van der Waals surface area contributed by atoms with Crippen molar-refractivity contribution in [3.8, 4) is 5.75 Å². The number of furan rings is 1. The molecule has 0 bridgehead atoms. The van der Waals surface area contributed by atoms with E-state index in [-0.39, 0.29) is 30.8 Å². The summed E-state index contributed by atoms with van der Waals surface area (Å²) >= 11 is 0. The Morgan fingerprint density at radius 2 is 1.87 bits per heavy atom. The van der Waals surface area contributed by atoms with Gasteiger partial charge in [-0.2, -0.15) is 0 Å². The second kappa shape index (κ2) is 11.8. The average molecular weight is 450 g/mol. The highest BCUT2D eigenvalue weighted by atomic mass is 35.5. The van der Waals surface area contributed by atoms with Crippen molar-refractivity contribution in [2.75, 3.05) is 38.2 Å². The maximum atomic E-state index is 13.0. The zero-order chi connectivity index (χ0) is 21.5. The Kier molecular flexibility index (Phi) is 9.40. The number of carbonyl (C=O) groups is 2. The van der Waals surface area contributed by atoms with E-state index >= 15 is 0 Å². The summed E-state index contributed by atoms with van der Waals surface area (Å²) in [6, 6.07) is 10.7. The van der Waals surface area contributed by atoms with Crippen LogP contribution in [-0.4, -0.2) is 56.0 Å². The van der Waals surface area contributed by atoms with Gasteiger partial charge in [-0.3, -0.25) is 14.5 Å². The predicted octanol–water partition coefficient (Wildman–Crippen LogP) is 3.59. The van der Waals surface area contributed by atoms with Crippen LogP contribution in [0.3, 0.4) is 0 Å². The van der Waals surface area contributed by atoms with E-state index in [1.54, 1.807) is 43.5 Å². The number of rotatable bonds is 8. The molecule has 7 nitrogen and oxygen atoms in total. The van der Waals surface area contributed by atoms with E-state index in [1.807, 2.05) is 0 Å². The van der Waals surface area contributed by atoms with Crippen molar-refractivity contribution < 1.29 is 18.7 Å². The van der Waals surface area contributed by atoms with Crippen molar-refractivity contribution in [3.63, 3.8) is 0 Å². The van der Waals surface area contributed by atoms with Crippen LogP contribution in [0.4, 0.5) is 5.88 Å². The molecule has 170 valence electrons. The fourth-order valence-electron chi connectivity index (χ4n) is 3.69. The van der Waals surface area contributed by atoms with Crippen LogP contribution < -0.4 is 15.0 Å². The number of ether oxygens (including phenoxy) is 1. The van der Waals surface area contributed by atoms with Crippen LogP contribution in [0.5, 0.6) is 5.75 Å². The molecule has 1 fully saturated rings. The van der Waals surface area contributed by atoms with Crippen molar-refractivity contribution in [1.82, 2.24) is 10.2 Å². The minimum atomic E-state index is -0.298. The van der Waals surface area contributed by atoms with Gasteiger partial charge < -0.3 is 19.4 Å². The second-order valence-corrected chi connectivity index (χ2v) is 7.95. The number of benzene rings is 1. The highest BCUT2D eigenvalue weighted by molar-refractivity contribution is 6.08. The molecule has 2 aromatic rings. The maximum absolute atomic E-state index is 13.0. The normalized spacial score (nSPS) is 14.7. The fourth-order valence-corrected chi connectivity index (χ4v) is 3.69. The summed E-state index contributed by atoms with van der Waals surface area (Å²) in [5.74, 6) is 0.986. The molecule has 0 spiro atoms. The van der Waals surface area contributed by atoms with Gasteiger partial charge in [0.15, 0.2) is 0 Å². The van der Waals surface area contributed by atoms with E-state index in [2.05, 4.69) is 24.1 Å². The Morgan fingerprint density at radius 1 is 1.19 bits per heavy atom. The van der Waals surface area contributed by atoms with Crippen LogP contribution in [-0.2, 0) is 4.79 Å². The molecule has 8 heteroatoms. The molecular formula is C23H32ClN3O4. The summed E-state index contributed by atoms with van der Waals surface area (Å²) in [5, 5.41) is 3.00. The van der Waals surface area contributed by atoms with Crippen molar-refractivity contribution in [3.05, 3.63) is 48.2 Å². The molecule has 2 heterocycles. The van der Waals surface area contributed by atoms with Gasteiger partial charge in [0.2, 0.25) is 11.8 Å². The van der Waals surface area contributed by atoms with Gasteiger partial charge in [0.25, 0.3) is 5.91 Å². The summed E-state index contributed by atoms with van der Waals surface area (Å²) in [4.78, 5) is 29.5. The first-order valence-corrected chi connectivity index (χ1v) is 10.5. The van der Waals surface area contributed by atoms with Gasteiger partial charge in [0.05, 0.1) is 13.4 Å². The maximum Gasteiger partial charge on any atom is 0.261 e. The molecule has 3 rings (SSSR count). The SMILES string of the molecule is COc1ccc(C(=O)N(CC(=O)NCC2CCN(C(C)C)CC2)c2ccco2)cc1.Cl. The molecule has 1 aromatic heterocycles. The first kappa shape index (κ1) is 24.8. The molecule has 0 saturated carbocycles. The van der Waals surface area contributed by atoms with Crippen LogP contribution in [0.2, 0.25) is 0 Å². The number of nitrogens with one attached hydrogen (secondary N) is 1. The van der Waals surface area contributed by atoms with Gasteiger partial charge in [-0.05, 0) is 76.0 Å². The summed E-state index contributed by atoms with van der Waals surface area (Å²) in [7, 11) is 1.57. The summed E-state index contributed by atoms with van der Waals surface area (Å²) in [6.07, 6.45) is 3.64. The fraction of sp³-hybridized carbons (Fsp3) is 0.478. The van der Waals surface area contributed by atoms with E-state index in [9.17, 15) is 9.59 Å². The van der Waals surface area contributed by atoms with Gasteiger partial charge in [0, 0.05) is 24.2 Å². The Morgan fingerprint density at radius 3 is 2.42 bits per heavy atom. The molecular weight excluding hydrogens is 418 g/mol. The number of likely N-dealkylation sites (tertiary alicyclic amines) is 1. The lowest BCUT2D eigenvalue weighted by Gasteiger charge is -2.34. The van der Waals surface area contributed by atoms with Gasteiger partial charge in [-0.1, -0.05) is 0 Å². The Bertz CT molecular complexity index is 816. The van der Waals surface area contributed by atoms with Crippen molar-refractivity contribution >= 4 is 30.1 Å².